The Kier molecular flexibility index (Phi) is 2.15. The molecule has 0 atom stereocenters. The first kappa shape index (κ1) is 9.98. The lowest BCUT2D eigenvalue weighted by atomic mass is 10.1. The summed E-state index contributed by atoms with van der Waals surface area (Å²) < 4.78 is 4.96. The Balaban J connectivity index is 2.10. The topological polar surface area (TPSA) is 94.0 Å². The Morgan fingerprint density at radius 3 is 3.12 bits per heavy atom. The Bertz CT molecular complexity index is 591. The van der Waals surface area contributed by atoms with Crippen LogP contribution >= 0.6 is 0 Å². The monoisotopic (exact) mass is 230 g/mol. The molecule has 1 aliphatic rings. The summed E-state index contributed by atoms with van der Waals surface area (Å²) in [6.45, 7) is 0.203. The maximum Gasteiger partial charge on any atom is 0.240 e. The van der Waals surface area contributed by atoms with Gasteiger partial charge in [0.15, 0.2) is 0 Å². The molecule has 3 N–H and O–H groups in total. The van der Waals surface area contributed by atoms with Crippen LogP contribution in [0.5, 0.6) is 0 Å². The first-order valence-electron chi connectivity index (χ1n) is 5.22. The summed E-state index contributed by atoms with van der Waals surface area (Å²) >= 11 is 0. The van der Waals surface area contributed by atoms with Crippen molar-refractivity contribution in [2.75, 3.05) is 5.32 Å². The van der Waals surface area contributed by atoms with Crippen LogP contribution < -0.4 is 11.1 Å². The number of carbonyl (C=O) groups excluding carboxylic acids is 1. The van der Waals surface area contributed by atoms with E-state index < -0.39 is 0 Å². The average Bonchev–Trinajstić information content (AvgIpc) is 2.92. The standard InChI is InChI=1S/C11H10N4O2/c12-5-9-14-11(15-17-9)7-3-1-2-6-4-8(16)13-10(6)7/h1-3H,4-5,12H2,(H,13,16). The number of nitrogens with zero attached hydrogens (tertiary/aromatic N) is 2. The van der Waals surface area contributed by atoms with Crippen molar-refractivity contribution in [1.29, 1.82) is 0 Å². The number of amides is 1. The summed E-state index contributed by atoms with van der Waals surface area (Å²) in [5.41, 5.74) is 7.89. The van der Waals surface area contributed by atoms with Gasteiger partial charge in [-0.2, -0.15) is 4.98 Å². The maximum atomic E-state index is 11.3. The fourth-order valence-electron chi connectivity index (χ4n) is 1.89. The number of nitrogens with one attached hydrogen (secondary N) is 1. The van der Waals surface area contributed by atoms with Crippen LogP contribution in [-0.2, 0) is 17.8 Å². The number of hydrogen-bond acceptors (Lipinski definition) is 5. The smallest absolute Gasteiger partial charge is 0.240 e. The molecule has 17 heavy (non-hydrogen) atoms. The van der Waals surface area contributed by atoms with Gasteiger partial charge in [0.1, 0.15) is 0 Å². The molecule has 0 saturated heterocycles. The molecule has 86 valence electrons. The van der Waals surface area contributed by atoms with Crippen LogP contribution in [0, 0.1) is 0 Å². The number of aromatic nitrogens is 2. The predicted octanol–water partition coefficient (Wildman–Crippen LogP) is 0.690. The van der Waals surface area contributed by atoms with Gasteiger partial charge in [0.05, 0.1) is 18.7 Å². The van der Waals surface area contributed by atoms with E-state index in [9.17, 15) is 4.79 Å². The molecule has 6 nitrogen and oxygen atoms in total. The third kappa shape index (κ3) is 1.58. The molecule has 1 aromatic carbocycles. The summed E-state index contributed by atoms with van der Waals surface area (Å²) in [6.07, 6.45) is 0.394. The number of carbonyl (C=O) groups is 1. The molecule has 0 spiro atoms. The van der Waals surface area contributed by atoms with E-state index >= 15 is 0 Å². The lowest BCUT2D eigenvalue weighted by molar-refractivity contribution is -0.115. The number of fused-ring (bicyclic) bond motifs is 1. The molecule has 0 unspecified atom stereocenters. The third-order valence-electron chi connectivity index (χ3n) is 2.65. The van der Waals surface area contributed by atoms with E-state index in [0.29, 0.717) is 18.1 Å². The zero-order valence-electron chi connectivity index (χ0n) is 8.93. The lowest BCUT2D eigenvalue weighted by Crippen LogP contribution is -2.04. The highest BCUT2D eigenvalue weighted by molar-refractivity contribution is 6.03. The van der Waals surface area contributed by atoms with Gasteiger partial charge in [-0.3, -0.25) is 4.79 Å². The van der Waals surface area contributed by atoms with E-state index in [1.165, 1.54) is 0 Å². The molecule has 0 saturated carbocycles. The van der Waals surface area contributed by atoms with Gasteiger partial charge in [0.2, 0.25) is 17.6 Å². The molecule has 1 aliphatic heterocycles. The van der Waals surface area contributed by atoms with E-state index in [0.717, 1.165) is 16.8 Å². The molecule has 6 heteroatoms. The highest BCUT2D eigenvalue weighted by Crippen LogP contribution is 2.33. The summed E-state index contributed by atoms with van der Waals surface area (Å²) in [4.78, 5) is 15.5. The van der Waals surface area contributed by atoms with Crippen LogP contribution in [0.4, 0.5) is 5.69 Å². The van der Waals surface area contributed by atoms with Gasteiger partial charge >= 0.3 is 0 Å². The lowest BCUT2D eigenvalue weighted by Gasteiger charge is -2.03. The van der Waals surface area contributed by atoms with Crippen molar-refractivity contribution in [1.82, 2.24) is 10.1 Å². The van der Waals surface area contributed by atoms with Crippen molar-refractivity contribution < 1.29 is 9.32 Å². The molecule has 0 radical (unpaired) electrons. The number of anilines is 1. The second-order valence-electron chi connectivity index (χ2n) is 3.78. The van der Waals surface area contributed by atoms with Crippen LogP contribution in [0.15, 0.2) is 22.7 Å². The third-order valence-corrected chi connectivity index (χ3v) is 2.65. The fraction of sp³-hybridized carbons (Fsp3) is 0.182. The maximum absolute atomic E-state index is 11.3. The number of nitrogens with two attached hydrogens (primary N) is 1. The van der Waals surface area contributed by atoms with E-state index in [2.05, 4.69) is 15.5 Å². The van der Waals surface area contributed by atoms with Crippen LogP contribution in [0.25, 0.3) is 11.4 Å². The number of para-hydroxylation sites is 1. The van der Waals surface area contributed by atoms with E-state index in [-0.39, 0.29) is 12.5 Å². The van der Waals surface area contributed by atoms with Gasteiger partial charge in [0.25, 0.3) is 0 Å². The zero-order valence-corrected chi connectivity index (χ0v) is 8.93. The van der Waals surface area contributed by atoms with E-state index in [4.69, 9.17) is 10.3 Å². The van der Waals surface area contributed by atoms with Crippen molar-refractivity contribution in [2.24, 2.45) is 5.73 Å². The SMILES string of the molecule is NCc1nc(-c2cccc3c2NC(=O)C3)no1. The van der Waals surface area contributed by atoms with Crippen molar-refractivity contribution in [2.45, 2.75) is 13.0 Å². The zero-order chi connectivity index (χ0) is 11.8. The molecule has 0 bridgehead atoms. The molecule has 1 amide bonds. The molecule has 2 heterocycles. The summed E-state index contributed by atoms with van der Waals surface area (Å²) in [5, 5.41) is 6.64. The largest absolute Gasteiger partial charge is 0.338 e. The van der Waals surface area contributed by atoms with Crippen LogP contribution in [0.1, 0.15) is 11.5 Å². The first-order valence-corrected chi connectivity index (χ1v) is 5.22. The van der Waals surface area contributed by atoms with Gasteiger partial charge in [-0.25, -0.2) is 0 Å². The summed E-state index contributed by atoms with van der Waals surface area (Å²) in [5.74, 6) is 0.807. The predicted molar refractivity (Wildman–Crippen MR) is 60.0 cm³/mol. The molecular formula is C11H10N4O2. The molecular weight excluding hydrogens is 220 g/mol. The van der Waals surface area contributed by atoms with Gasteiger partial charge in [-0.1, -0.05) is 17.3 Å². The number of benzene rings is 1. The summed E-state index contributed by atoms with van der Waals surface area (Å²) in [7, 11) is 0. The minimum absolute atomic E-state index is 0.0185. The van der Waals surface area contributed by atoms with Gasteiger partial charge in [-0.15, -0.1) is 0 Å². The quantitative estimate of drug-likeness (QED) is 0.791. The van der Waals surface area contributed by atoms with Crippen LogP contribution in [0.2, 0.25) is 0 Å². The Morgan fingerprint density at radius 2 is 2.35 bits per heavy atom. The van der Waals surface area contributed by atoms with E-state index in [1.807, 2.05) is 18.2 Å². The summed E-state index contributed by atoms with van der Waals surface area (Å²) in [6, 6.07) is 5.61. The van der Waals surface area contributed by atoms with Crippen molar-refractivity contribution in [3.63, 3.8) is 0 Å². The number of hydrogen-bond donors (Lipinski definition) is 2. The van der Waals surface area contributed by atoms with Gasteiger partial charge in [-0.05, 0) is 11.6 Å². The molecule has 0 aliphatic carbocycles. The first-order chi connectivity index (χ1) is 8.28. The second-order valence-corrected chi connectivity index (χ2v) is 3.78. The Morgan fingerprint density at radius 1 is 1.47 bits per heavy atom. The van der Waals surface area contributed by atoms with Crippen LogP contribution in [-0.4, -0.2) is 16.0 Å². The van der Waals surface area contributed by atoms with Gasteiger partial charge in [0, 0.05) is 5.56 Å². The van der Waals surface area contributed by atoms with Crippen molar-refractivity contribution >= 4 is 11.6 Å². The van der Waals surface area contributed by atoms with Crippen molar-refractivity contribution in [3.8, 4) is 11.4 Å². The minimum Gasteiger partial charge on any atom is -0.338 e. The van der Waals surface area contributed by atoms with Gasteiger partial charge < -0.3 is 15.6 Å². The fourth-order valence-corrected chi connectivity index (χ4v) is 1.89. The highest BCUT2D eigenvalue weighted by atomic mass is 16.5. The average molecular weight is 230 g/mol. The second kappa shape index (κ2) is 3.67. The Labute approximate surface area is 96.8 Å². The Hall–Kier alpha value is -2.21. The van der Waals surface area contributed by atoms with E-state index in [1.54, 1.807) is 0 Å². The number of rotatable bonds is 2. The molecule has 1 aromatic heterocycles. The highest BCUT2D eigenvalue weighted by Gasteiger charge is 2.22. The van der Waals surface area contributed by atoms with Crippen molar-refractivity contribution in [3.05, 3.63) is 29.7 Å². The molecule has 0 fully saturated rings. The van der Waals surface area contributed by atoms with Crippen LogP contribution in [0.3, 0.4) is 0 Å². The molecule has 3 rings (SSSR count). The molecule has 2 aromatic rings. The minimum atomic E-state index is -0.0185. The normalized spacial score (nSPS) is 13.6.